The topological polar surface area (TPSA) is 0 Å². The van der Waals surface area contributed by atoms with E-state index in [0.29, 0.717) is 0 Å². The molecule has 0 atom stereocenters. The van der Waals surface area contributed by atoms with E-state index in [0.717, 1.165) is 4.47 Å². The van der Waals surface area contributed by atoms with E-state index in [2.05, 4.69) is 58.6 Å². The summed E-state index contributed by atoms with van der Waals surface area (Å²) in [5.41, 5.74) is 2.76. The fourth-order valence-electron chi connectivity index (χ4n) is 1.59. The largest absolute Gasteiger partial charge is 0.144 e. The van der Waals surface area contributed by atoms with Gasteiger partial charge in [0.2, 0.25) is 0 Å². The van der Waals surface area contributed by atoms with Crippen molar-refractivity contribution in [2.45, 2.75) is 19.8 Å². The molecule has 2 rings (SSSR count). The Balaban J connectivity index is 2.29. The van der Waals surface area contributed by atoms with Crippen molar-refractivity contribution in [1.29, 1.82) is 0 Å². The van der Waals surface area contributed by atoms with Crippen LogP contribution in [0, 0.1) is 0 Å². The molecule has 0 fully saturated rings. The molecule has 0 radical (unpaired) electrons. The van der Waals surface area contributed by atoms with Crippen LogP contribution >= 0.6 is 27.3 Å². The fourth-order valence-corrected chi connectivity index (χ4v) is 2.93. The summed E-state index contributed by atoms with van der Waals surface area (Å²) in [5.74, 6) is 0. The Morgan fingerprint density at radius 1 is 1.27 bits per heavy atom. The van der Waals surface area contributed by atoms with Crippen LogP contribution in [0.5, 0.6) is 0 Å². The van der Waals surface area contributed by atoms with E-state index in [1.807, 2.05) is 11.3 Å². The first-order chi connectivity index (χ1) is 7.29. The van der Waals surface area contributed by atoms with Crippen LogP contribution < -0.4 is 0 Å². The van der Waals surface area contributed by atoms with E-state index >= 15 is 0 Å². The van der Waals surface area contributed by atoms with Gasteiger partial charge in [0, 0.05) is 9.35 Å². The SMILES string of the molecule is CCCc1csc(-c2cccc(Br)c2)c1. The molecule has 1 aromatic heterocycles. The molecule has 0 aliphatic carbocycles. The average Bonchev–Trinajstić information content (AvgIpc) is 2.67. The number of halogens is 1. The predicted molar refractivity (Wildman–Crippen MR) is 71.5 cm³/mol. The van der Waals surface area contributed by atoms with Crippen LogP contribution in [0.4, 0.5) is 0 Å². The lowest BCUT2D eigenvalue weighted by Gasteiger charge is -1.97. The Morgan fingerprint density at radius 3 is 2.87 bits per heavy atom. The van der Waals surface area contributed by atoms with E-state index in [4.69, 9.17) is 0 Å². The summed E-state index contributed by atoms with van der Waals surface area (Å²) in [6.07, 6.45) is 2.40. The Bertz CT molecular complexity index is 445. The lowest BCUT2D eigenvalue weighted by atomic mass is 10.1. The van der Waals surface area contributed by atoms with E-state index in [1.165, 1.54) is 28.8 Å². The second kappa shape index (κ2) is 4.95. The number of benzene rings is 1. The van der Waals surface area contributed by atoms with Gasteiger partial charge in [0.1, 0.15) is 0 Å². The van der Waals surface area contributed by atoms with Gasteiger partial charge in [-0.25, -0.2) is 0 Å². The second-order valence-electron chi connectivity index (χ2n) is 3.58. The zero-order valence-electron chi connectivity index (χ0n) is 8.66. The van der Waals surface area contributed by atoms with Crippen molar-refractivity contribution >= 4 is 27.3 Å². The van der Waals surface area contributed by atoms with Crippen LogP contribution in [-0.2, 0) is 6.42 Å². The minimum Gasteiger partial charge on any atom is -0.144 e. The molecule has 78 valence electrons. The molecular formula is C13H13BrS. The van der Waals surface area contributed by atoms with Crippen molar-refractivity contribution in [3.63, 3.8) is 0 Å². The fraction of sp³-hybridized carbons (Fsp3) is 0.231. The number of hydrogen-bond acceptors (Lipinski definition) is 1. The summed E-state index contributed by atoms with van der Waals surface area (Å²) in [6.45, 7) is 2.22. The van der Waals surface area contributed by atoms with Crippen molar-refractivity contribution < 1.29 is 0 Å². The van der Waals surface area contributed by atoms with Gasteiger partial charge in [-0.05, 0) is 41.1 Å². The third-order valence-corrected chi connectivity index (χ3v) is 3.82. The van der Waals surface area contributed by atoms with Gasteiger partial charge in [-0.3, -0.25) is 0 Å². The molecule has 15 heavy (non-hydrogen) atoms. The molecule has 0 bridgehead atoms. The minimum absolute atomic E-state index is 1.14. The van der Waals surface area contributed by atoms with Gasteiger partial charge < -0.3 is 0 Å². The molecular weight excluding hydrogens is 268 g/mol. The summed E-state index contributed by atoms with van der Waals surface area (Å²) in [7, 11) is 0. The molecule has 0 aliphatic rings. The van der Waals surface area contributed by atoms with Crippen LogP contribution in [-0.4, -0.2) is 0 Å². The molecule has 0 unspecified atom stereocenters. The van der Waals surface area contributed by atoms with Crippen molar-refractivity contribution in [2.24, 2.45) is 0 Å². The quantitative estimate of drug-likeness (QED) is 0.731. The highest BCUT2D eigenvalue weighted by molar-refractivity contribution is 9.10. The first kappa shape index (κ1) is 10.9. The maximum Gasteiger partial charge on any atom is 0.0345 e. The van der Waals surface area contributed by atoms with Crippen LogP contribution in [0.1, 0.15) is 18.9 Å². The van der Waals surface area contributed by atoms with Crippen molar-refractivity contribution in [3.05, 3.63) is 45.7 Å². The van der Waals surface area contributed by atoms with Crippen LogP contribution in [0.25, 0.3) is 10.4 Å². The van der Waals surface area contributed by atoms with Gasteiger partial charge in [0.25, 0.3) is 0 Å². The zero-order chi connectivity index (χ0) is 10.7. The van der Waals surface area contributed by atoms with Crippen LogP contribution in [0.3, 0.4) is 0 Å². The van der Waals surface area contributed by atoms with Gasteiger partial charge in [0.05, 0.1) is 0 Å². The van der Waals surface area contributed by atoms with E-state index in [1.54, 1.807) is 0 Å². The van der Waals surface area contributed by atoms with Crippen molar-refractivity contribution in [1.82, 2.24) is 0 Å². The Kier molecular flexibility index (Phi) is 3.60. The molecule has 2 aromatic rings. The van der Waals surface area contributed by atoms with Gasteiger partial charge in [-0.15, -0.1) is 11.3 Å². The highest BCUT2D eigenvalue weighted by Gasteiger charge is 2.02. The van der Waals surface area contributed by atoms with Gasteiger partial charge in [0.15, 0.2) is 0 Å². The Morgan fingerprint density at radius 2 is 2.13 bits per heavy atom. The number of thiophene rings is 1. The summed E-state index contributed by atoms with van der Waals surface area (Å²) < 4.78 is 1.14. The molecule has 0 spiro atoms. The van der Waals surface area contributed by atoms with E-state index < -0.39 is 0 Å². The third-order valence-electron chi connectivity index (χ3n) is 2.30. The maximum atomic E-state index is 3.50. The number of rotatable bonds is 3. The van der Waals surface area contributed by atoms with E-state index in [9.17, 15) is 0 Å². The number of aryl methyl sites for hydroxylation is 1. The summed E-state index contributed by atoms with van der Waals surface area (Å²) in [4.78, 5) is 1.36. The minimum atomic E-state index is 1.14. The smallest absolute Gasteiger partial charge is 0.0345 e. The summed E-state index contributed by atoms with van der Waals surface area (Å²) >= 11 is 5.33. The Hall–Kier alpha value is -0.600. The highest BCUT2D eigenvalue weighted by atomic mass is 79.9. The van der Waals surface area contributed by atoms with Gasteiger partial charge in [-0.2, -0.15) is 0 Å². The normalized spacial score (nSPS) is 10.5. The average molecular weight is 281 g/mol. The second-order valence-corrected chi connectivity index (χ2v) is 5.41. The lowest BCUT2D eigenvalue weighted by molar-refractivity contribution is 0.927. The molecule has 0 saturated heterocycles. The Labute approximate surface area is 103 Å². The van der Waals surface area contributed by atoms with Gasteiger partial charge >= 0.3 is 0 Å². The molecule has 0 nitrogen and oxygen atoms in total. The van der Waals surface area contributed by atoms with Crippen LogP contribution in [0.15, 0.2) is 40.2 Å². The molecule has 0 saturated carbocycles. The van der Waals surface area contributed by atoms with Crippen LogP contribution in [0.2, 0.25) is 0 Å². The predicted octanol–water partition coefficient (Wildman–Crippen LogP) is 5.13. The molecule has 2 heteroatoms. The van der Waals surface area contributed by atoms with Crippen molar-refractivity contribution in [2.75, 3.05) is 0 Å². The van der Waals surface area contributed by atoms with Crippen molar-refractivity contribution in [3.8, 4) is 10.4 Å². The highest BCUT2D eigenvalue weighted by Crippen LogP contribution is 2.29. The summed E-state index contributed by atoms with van der Waals surface area (Å²) in [5, 5.41) is 2.26. The van der Waals surface area contributed by atoms with Gasteiger partial charge in [-0.1, -0.05) is 41.4 Å². The first-order valence-electron chi connectivity index (χ1n) is 5.13. The lowest BCUT2D eigenvalue weighted by Crippen LogP contribution is -1.76. The number of hydrogen-bond donors (Lipinski definition) is 0. The maximum absolute atomic E-state index is 3.50. The zero-order valence-corrected chi connectivity index (χ0v) is 11.1. The molecule has 1 aromatic carbocycles. The molecule has 0 N–H and O–H groups in total. The molecule has 0 amide bonds. The van der Waals surface area contributed by atoms with E-state index in [-0.39, 0.29) is 0 Å². The summed E-state index contributed by atoms with van der Waals surface area (Å²) in [6, 6.07) is 10.8. The standard InChI is InChI=1S/C13H13BrS/c1-2-4-10-7-13(15-9-10)11-5-3-6-12(14)8-11/h3,5-9H,2,4H2,1H3. The molecule has 1 heterocycles. The first-order valence-corrected chi connectivity index (χ1v) is 6.80. The monoisotopic (exact) mass is 280 g/mol. The molecule has 0 aliphatic heterocycles. The third kappa shape index (κ3) is 2.70.